The van der Waals surface area contributed by atoms with Crippen molar-refractivity contribution >= 4 is 27.4 Å². The highest BCUT2D eigenvalue weighted by molar-refractivity contribution is 9.10. The Bertz CT molecular complexity index is 589. The number of carbonyl (C=O) groups excluding carboxylic acids is 1. The molecule has 0 aliphatic heterocycles. The number of rotatable bonds is 4. The molecule has 1 amide bonds. The topological polar surface area (TPSA) is 46.4 Å². The van der Waals surface area contributed by atoms with Gasteiger partial charge >= 0.3 is 0 Å². The van der Waals surface area contributed by atoms with Gasteiger partial charge in [0.2, 0.25) is 0 Å². The number of hydrogen-bond donors (Lipinski definition) is 1. The number of pyridine rings is 1. The third kappa shape index (κ3) is 2.27. The predicted octanol–water partition coefficient (Wildman–Crippen LogP) is 2.63. The van der Waals surface area contributed by atoms with E-state index < -0.39 is 0 Å². The van der Waals surface area contributed by atoms with Crippen LogP contribution in [0, 0.1) is 5.92 Å². The van der Waals surface area contributed by atoms with Crippen LogP contribution in [-0.4, -0.2) is 21.8 Å². The Labute approximate surface area is 114 Å². The van der Waals surface area contributed by atoms with Gasteiger partial charge in [0.15, 0.2) is 10.4 Å². The lowest BCUT2D eigenvalue weighted by molar-refractivity contribution is 0.0950. The van der Waals surface area contributed by atoms with Crippen molar-refractivity contribution < 1.29 is 4.79 Å². The first-order valence-electron chi connectivity index (χ1n) is 6.16. The zero-order chi connectivity index (χ0) is 12.5. The van der Waals surface area contributed by atoms with Gasteiger partial charge in [0.05, 0.1) is 5.52 Å². The van der Waals surface area contributed by atoms with Crippen LogP contribution in [0.25, 0.3) is 5.52 Å². The molecule has 94 valence electrons. The minimum atomic E-state index is -0.0925. The molecule has 0 saturated heterocycles. The van der Waals surface area contributed by atoms with Crippen LogP contribution in [0.4, 0.5) is 0 Å². The van der Waals surface area contributed by atoms with Crippen LogP contribution in [-0.2, 0) is 0 Å². The highest BCUT2D eigenvalue weighted by Gasteiger charge is 2.21. The van der Waals surface area contributed by atoms with Crippen molar-refractivity contribution in [1.82, 2.24) is 14.7 Å². The van der Waals surface area contributed by atoms with Crippen LogP contribution < -0.4 is 5.32 Å². The van der Waals surface area contributed by atoms with Crippen LogP contribution in [0.1, 0.15) is 29.8 Å². The lowest BCUT2D eigenvalue weighted by Crippen LogP contribution is -2.25. The van der Waals surface area contributed by atoms with E-state index in [9.17, 15) is 4.79 Å². The second kappa shape index (κ2) is 4.72. The molecule has 1 aliphatic rings. The van der Waals surface area contributed by atoms with E-state index in [2.05, 4.69) is 26.2 Å². The zero-order valence-corrected chi connectivity index (χ0v) is 11.5. The van der Waals surface area contributed by atoms with E-state index in [0.29, 0.717) is 10.4 Å². The molecule has 0 atom stereocenters. The number of nitrogens with one attached hydrogen (secondary N) is 1. The molecular formula is C13H14BrN3O. The van der Waals surface area contributed by atoms with Crippen molar-refractivity contribution in [1.29, 1.82) is 0 Å². The van der Waals surface area contributed by atoms with Gasteiger partial charge in [0.25, 0.3) is 5.91 Å². The van der Waals surface area contributed by atoms with E-state index in [-0.39, 0.29) is 5.91 Å². The third-order valence-electron chi connectivity index (χ3n) is 3.26. The summed E-state index contributed by atoms with van der Waals surface area (Å²) >= 11 is 3.36. The SMILES string of the molecule is O=C(NCCC1CC1)c1nc(Br)n2ccccc12. The van der Waals surface area contributed by atoms with Gasteiger partial charge in [-0.3, -0.25) is 9.20 Å². The molecule has 0 unspecified atom stereocenters. The maximum absolute atomic E-state index is 12.1. The molecule has 2 aromatic rings. The van der Waals surface area contributed by atoms with Gasteiger partial charge < -0.3 is 5.32 Å². The van der Waals surface area contributed by atoms with Crippen LogP contribution in [0.3, 0.4) is 0 Å². The van der Waals surface area contributed by atoms with Crippen molar-refractivity contribution in [3.05, 3.63) is 34.8 Å². The van der Waals surface area contributed by atoms with E-state index in [1.54, 1.807) is 0 Å². The van der Waals surface area contributed by atoms with Crippen molar-refractivity contribution in [3.63, 3.8) is 0 Å². The van der Waals surface area contributed by atoms with Gasteiger partial charge in [-0.25, -0.2) is 4.98 Å². The summed E-state index contributed by atoms with van der Waals surface area (Å²) in [5.41, 5.74) is 1.31. The van der Waals surface area contributed by atoms with Crippen LogP contribution in [0.2, 0.25) is 0 Å². The molecule has 0 spiro atoms. The van der Waals surface area contributed by atoms with Crippen LogP contribution >= 0.6 is 15.9 Å². The first-order valence-corrected chi connectivity index (χ1v) is 6.96. The average Bonchev–Trinajstić information content (AvgIpc) is 3.14. The summed E-state index contributed by atoms with van der Waals surface area (Å²) in [6, 6.07) is 5.71. The maximum Gasteiger partial charge on any atom is 0.272 e. The van der Waals surface area contributed by atoms with Gasteiger partial charge in [-0.05, 0) is 40.4 Å². The van der Waals surface area contributed by atoms with Crippen LogP contribution in [0.15, 0.2) is 29.1 Å². The summed E-state index contributed by atoms with van der Waals surface area (Å²) in [6.07, 6.45) is 5.59. The standard InChI is InChI=1S/C13H14BrN3O/c14-13-16-11(10-3-1-2-8-17(10)13)12(18)15-7-6-9-4-5-9/h1-3,8-9H,4-7H2,(H,15,18). The number of imidazole rings is 1. The monoisotopic (exact) mass is 307 g/mol. The number of fused-ring (bicyclic) bond motifs is 1. The van der Waals surface area contributed by atoms with E-state index in [4.69, 9.17) is 0 Å². The van der Waals surface area contributed by atoms with Crippen molar-refractivity contribution in [3.8, 4) is 0 Å². The summed E-state index contributed by atoms with van der Waals surface area (Å²) < 4.78 is 2.51. The molecule has 1 fully saturated rings. The second-order valence-electron chi connectivity index (χ2n) is 4.67. The normalized spacial score (nSPS) is 14.9. The first kappa shape index (κ1) is 11.7. The second-order valence-corrected chi connectivity index (χ2v) is 5.38. The fraction of sp³-hybridized carbons (Fsp3) is 0.385. The van der Waals surface area contributed by atoms with Gasteiger partial charge in [-0.2, -0.15) is 0 Å². The van der Waals surface area contributed by atoms with E-state index in [1.165, 1.54) is 12.8 Å². The number of carbonyl (C=O) groups is 1. The maximum atomic E-state index is 12.1. The molecule has 3 rings (SSSR count). The molecule has 1 saturated carbocycles. The Kier molecular flexibility index (Phi) is 3.07. The largest absolute Gasteiger partial charge is 0.351 e. The fourth-order valence-electron chi connectivity index (χ4n) is 2.05. The molecule has 0 bridgehead atoms. The number of halogens is 1. The average molecular weight is 308 g/mol. The lowest BCUT2D eigenvalue weighted by atomic mass is 10.3. The molecule has 0 radical (unpaired) electrons. The molecule has 2 aromatic heterocycles. The highest BCUT2D eigenvalue weighted by Crippen LogP contribution is 2.31. The quantitative estimate of drug-likeness (QED) is 0.944. The molecule has 0 aromatic carbocycles. The lowest BCUT2D eigenvalue weighted by Gasteiger charge is -2.02. The summed E-state index contributed by atoms with van der Waals surface area (Å²) in [7, 11) is 0. The Morgan fingerprint density at radius 1 is 1.50 bits per heavy atom. The van der Waals surface area contributed by atoms with E-state index in [1.807, 2.05) is 28.8 Å². The van der Waals surface area contributed by atoms with E-state index in [0.717, 1.165) is 24.4 Å². The van der Waals surface area contributed by atoms with Crippen LogP contribution in [0.5, 0.6) is 0 Å². The smallest absolute Gasteiger partial charge is 0.272 e. The molecule has 1 N–H and O–H groups in total. The minimum Gasteiger partial charge on any atom is -0.351 e. The van der Waals surface area contributed by atoms with Crippen molar-refractivity contribution in [2.75, 3.05) is 6.54 Å². The Morgan fingerprint density at radius 2 is 2.33 bits per heavy atom. The first-order chi connectivity index (χ1) is 8.75. The van der Waals surface area contributed by atoms with Gasteiger partial charge in [0.1, 0.15) is 0 Å². The van der Waals surface area contributed by atoms with Gasteiger partial charge in [0, 0.05) is 12.7 Å². The molecule has 5 heteroatoms. The summed E-state index contributed by atoms with van der Waals surface area (Å²) in [4.78, 5) is 16.3. The summed E-state index contributed by atoms with van der Waals surface area (Å²) in [6.45, 7) is 0.743. The number of amides is 1. The Hall–Kier alpha value is -1.36. The van der Waals surface area contributed by atoms with Crippen molar-refractivity contribution in [2.45, 2.75) is 19.3 Å². The number of hydrogen-bond acceptors (Lipinski definition) is 2. The predicted molar refractivity (Wildman–Crippen MR) is 72.6 cm³/mol. The van der Waals surface area contributed by atoms with Gasteiger partial charge in [-0.15, -0.1) is 0 Å². The van der Waals surface area contributed by atoms with E-state index >= 15 is 0 Å². The minimum absolute atomic E-state index is 0.0925. The molecule has 1 aliphatic carbocycles. The third-order valence-corrected chi connectivity index (χ3v) is 3.81. The highest BCUT2D eigenvalue weighted by atomic mass is 79.9. The molecular weight excluding hydrogens is 294 g/mol. The Morgan fingerprint density at radius 3 is 3.11 bits per heavy atom. The summed E-state index contributed by atoms with van der Waals surface area (Å²) in [5.74, 6) is 0.737. The molecule has 4 nitrogen and oxygen atoms in total. The summed E-state index contributed by atoms with van der Waals surface area (Å²) in [5, 5.41) is 2.94. The van der Waals surface area contributed by atoms with Crippen molar-refractivity contribution in [2.24, 2.45) is 5.92 Å². The van der Waals surface area contributed by atoms with Gasteiger partial charge in [-0.1, -0.05) is 18.9 Å². The number of aromatic nitrogens is 2. The molecule has 18 heavy (non-hydrogen) atoms. The Balaban J connectivity index is 1.77. The molecule has 2 heterocycles. The fourth-order valence-corrected chi connectivity index (χ4v) is 2.53. The number of nitrogens with zero attached hydrogens (tertiary/aromatic N) is 2. The zero-order valence-electron chi connectivity index (χ0n) is 9.90.